The Labute approximate surface area is 164 Å². The van der Waals surface area contributed by atoms with Crippen LogP contribution in [-0.4, -0.2) is 55.5 Å². The van der Waals surface area contributed by atoms with Crippen molar-refractivity contribution in [3.8, 4) is 0 Å². The fraction of sp³-hybridized carbons (Fsp3) is 0.500. The van der Waals surface area contributed by atoms with E-state index in [1.165, 1.54) is 14.0 Å². The molecule has 1 aliphatic heterocycles. The van der Waals surface area contributed by atoms with E-state index in [-0.39, 0.29) is 36.7 Å². The van der Waals surface area contributed by atoms with Gasteiger partial charge in [0, 0.05) is 20.0 Å². The van der Waals surface area contributed by atoms with Crippen LogP contribution in [0.1, 0.15) is 37.8 Å². The second-order valence-corrected chi connectivity index (χ2v) is 6.71. The van der Waals surface area contributed by atoms with Gasteiger partial charge >= 0.3 is 11.9 Å². The van der Waals surface area contributed by atoms with Gasteiger partial charge in [-0.15, -0.1) is 0 Å². The summed E-state index contributed by atoms with van der Waals surface area (Å²) in [7, 11) is 1.35. The Hall–Kier alpha value is -2.90. The summed E-state index contributed by atoms with van der Waals surface area (Å²) in [6, 6.07) is 8.58. The minimum absolute atomic E-state index is 0.0682. The quantitative estimate of drug-likeness (QED) is 0.702. The summed E-state index contributed by atoms with van der Waals surface area (Å²) in [5, 5.41) is 2.72. The molecule has 1 aliphatic rings. The first-order chi connectivity index (χ1) is 13.4. The summed E-state index contributed by atoms with van der Waals surface area (Å²) in [4.78, 5) is 48.9. The lowest BCUT2D eigenvalue weighted by atomic mass is 9.97. The minimum Gasteiger partial charge on any atom is -0.469 e. The molecule has 2 amide bonds. The van der Waals surface area contributed by atoms with Crippen molar-refractivity contribution in [3.63, 3.8) is 0 Å². The molecule has 2 rings (SSSR count). The molecule has 1 atom stereocenters. The minimum atomic E-state index is -0.569. The van der Waals surface area contributed by atoms with Crippen LogP contribution in [0.4, 0.5) is 0 Å². The van der Waals surface area contributed by atoms with Crippen LogP contribution in [0.5, 0.6) is 0 Å². The lowest BCUT2D eigenvalue weighted by Gasteiger charge is -2.30. The van der Waals surface area contributed by atoms with Crippen LogP contribution in [0.15, 0.2) is 30.3 Å². The van der Waals surface area contributed by atoms with Crippen LogP contribution in [0, 0.1) is 5.92 Å². The molecule has 1 N–H and O–H groups in total. The fourth-order valence-electron chi connectivity index (χ4n) is 3.17. The smallest absolute Gasteiger partial charge is 0.308 e. The van der Waals surface area contributed by atoms with Gasteiger partial charge < -0.3 is 19.7 Å². The van der Waals surface area contributed by atoms with Gasteiger partial charge in [0.05, 0.1) is 25.5 Å². The summed E-state index contributed by atoms with van der Waals surface area (Å²) in [6.07, 6.45) is 0.997. The maximum Gasteiger partial charge on any atom is 0.308 e. The summed E-state index contributed by atoms with van der Waals surface area (Å²) < 4.78 is 9.84. The van der Waals surface area contributed by atoms with Gasteiger partial charge in [-0.05, 0) is 18.4 Å². The van der Waals surface area contributed by atoms with E-state index in [0.29, 0.717) is 25.9 Å². The number of nitrogens with zero attached hydrogens (tertiary/aromatic N) is 1. The lowest BCUT2D eigenvalue weighted by molar-refractivity contribution is -0.154. The van der Waals surface area contributed by atoms with Gasteiger partial charge in [0.25, 0.3) is 5.91 Å². The number of likely N-dealkylation sites (tertiary alicyclic amines) is 1. The average molecular weight is 390 g/mol. The predicted octanol–water partition coefficient (Wildman–Crippen LogP) is 1.21. The van der Waals surface area contributed by atoms with Gasteiger partial charge in [0.2, 0.25) is 5.91 Å². The number of hydrogen-bond donors (Lipinski definition) is 1. The highest BCUT2D eigenvalue weighted by molar-refractivity contribution is 5.82. The molecule has 0 radical (unpaired) electrons. The first-order valence-corrected chi connectivity index (χ1v) is 9.24. The molecule has 152 valence electrons. The Morgan fingerprint density at radius 1 is 1.14 bits per heavy atom. The Balaban J connectivity index is 1.81. The molecule has 0 aliphatic carbocycles. The number of carbonyl (C=O) groups is 4. The van der Waals surface area contributed by atoms with Crippen LogP contribution in [0.3, 0.4) is 0 Å². The molecule has 0 unspecified atom stereocenters. The van der Waals surface area contributed by atoms with Crippen LogP contribution >= 0.6 is 0 Å². The van der Waals surface area contributed by atoms with E-state index in [1.54, 1.807) is 4.90 Å². The van der Waals surface area contributed by atoms with Crippen molar-refractivity contribution in [1.82, 2.24) is 10.2 Å². The summed E-state index contributed by atoms with van der Waals surface area (Å²) in [6.45, 7) is 1.87. The number of ether oxygens (including phenoxy) is 2. The van der Waals surface area contributed by atoms with Crippen molar-refractivity contribution in [2.24, 2.45) is 5.92 Å². The third-order valence-electron chi connectivity index (χ3n) is 4.69. The van der Waals surface area contributed by atoms with Gasteiger partial charge in [-0.25, -0.2) is 0 Å². The molecule has 0 aromatic heterocycles. The third-order valence-corrected chi connectivity index (χ3v) is 4.69. The Kier molecular flexibility index (Phi) is 7.98. The zero-order valence-electron chi connectivity index (χ0n) is 16.2. The van der Waals surface area contributed by atoms with Crippen LogP contribution < -0.4 is 5.32 Å². The van der Waals surface area contributed by atoms with Crippen molar-refractivity contribution < 1.29 is 28.7 Å². The van der Waals surface area contributed by atoms with Gasteiger partial charge in [-0.2, -0.15) is 0 Å². The van der Waals surface area contributed by atoms with Crippen LogP contribution in [0.2, 0.25) is 0 Å². The maximum atomic E-state index is 12.2. The monoisotopic (exact) mass is 390 g/mol. The molecule has 1 saturated heterocycles. The van der Waals surface area contributed by atoms with E-state index in [4.69, 9.17) is 9.47 Å². The Morgan fingerprint density at radius 3 is 2.36 bits per heavy atom. The van der Waals surface area contributed by atoms with E-state index in [9.17, 15) is 19.2 Å². The Bertz CT molecular complexity index is 698. The molecule has 1 fully saturated rings. The van der Waals surface area contributed by atoms with E-state index in [1.807, 2.05) is 30.3 Å². The van der Waals surface area contributed by atoms with Crippen molar-refractivity contribution in [3.05, 3.63) is 35.9 Å². The van der Waals surface area contributed by atoms with Gasteiger partial charge in [-0.1, -0.05) is 30.3 Å². The lowest BCUT2D eigenvalue weighted by Crippen LogP contribution is -2.42. The zero-order chi connectivity index (χ0) is 20.5. The largest absolute Gasteiger partial charge is 0.469 e. The number of methoxy groups -OCH3 is 1. The number of esters is 2. The van der Waals surface area contributed by atoms with Crippen LogP contribution in [-0.2, 0) is 28.7 Å². The highest BCUT2D eigenvalue weighted by Gasteiger charge is 2.28. The highest BCUT2D eigenvalue weighted by atomic mass is 16.5. The highest BCUT2D eigenvalue weighted by Crippen LogP contribution is 2.19. The number of benzene rings is 1. The molecule has 0 bridgehead atoms. The standard InChI is InChI=1S/C20H26N2O6/c1-14(23)21-17(15-6-4-3-5-7-15)12-19(25)28-13-18(24)22-10-8-16(9-11-22)20(26)27-2/h3-7,16-17H,8-13H2,1-2H3,(H,21,23)/t17-/m1/s1. The van der Waals surface area contributed by atoms with E-state index in [2.05, 4.69) is 5.32 Å². The number of carbonyl (C=O) groups excluding carboxylic acids is 4. The maximum absolute atomic E-state index is 12.2. The first kappa shape index (κ1) is 21.4. The van der Waals surface area contributed by atoms with Crippen molar-refractivity contribution in [2.75, 3.05) is 26.8 Å². The molecular formula is C20H26N2O6. The van der Waals surface area contributed by atoms with Crippen LogP contribution in [0.25, 0.3) is 0 Å². The van der Waals surface area contributed by atoms with Crippen molar-refractivity contribution in [1.29, 1.82) is 0 Å². The summed E-state index contributed by atoms with van der Waals surface area (Å²) in [5.74, 6) is -1.58. The summed E-state index contributed by atoms with van der Waals surface area (Å²) in [5.41, 5.74) is 0.783. The van der Waals surface area contributed by atoms with Gasteiger partial charge in [0.1, 0.15) is 0 Å². The van der Waals surface area contributed by atoms with E-state index >= 15 is 0 Å². The van der Waals surface area contributed by atoms with Gasteiger partial charge in [-0.3, -0.25) is 19.2 Å². The fourth-order valence-corrected chi connectivity index (χ4v) is 3.17. The first-order valence-electron chi connectivity index (χ1n) is 9.24. The molecule has 28 heavy (non-hydrogen) atoms. The molecule has 8 nitrogen and oxygen atoms in total. The number of amides is 2. The van der Waals surface area contributed by atoms with Gasteiger partial charge in [0.15, 0.2) is 6.61 Å². The topological polar surface area (TPSA) is 102 Å². The van der Waals surface area contributed by atoms with E-state index in [0.717, 1.165) is 5.56 Å². The molecule has 1 aromatic rings. The van der Waals surface area contributed by atoms with Crippen molar-refractivity contribution >= 4 is 23.8 Å². The molecule has 8 heteroatoms. The normalized spacial score (nSPS) is 15.4. The number of piperidine rings is 1. The molecule has 1 aromatic carbocycles. The molecule has 1 heterocycles. The van der Waals surface area contributed by atoms with E-state index < -0.39 is 12.0 Å². The van der Waals surface area contributed by atoms with Crippen molar-refractivity contribution in [2.45, 2.75) is 32.2 Å². The number of rotatable bonds is 7. The SMILES string of the molecule is COC(=O)C1CCN(C(=O)COC(=O)C[C@@H](NC(C)=O)c2ccccc2)CC1. The average Bonchev–Trinajstić information content (AvgIpc) is 2.71. The Morgan fingerprint density at radius 2 is 1.79 bits per heavy atom. The summed E-state index contributed by atoms with van der Waals surface area (Å²) >= 11 is 0. The number of nitrogens with one attached hydrogen (secondary N) is 1. The molecule has 0 saturated carbocycles. The number of hydrogen-bond acceptors (Lipinski definition) is 6. The third kappa shape index (κ3) is 6.37. The predicted molar refractivity (Wildman–Crippen MR) is 99.9 cm³/mol. The zero-order valence-corrected chi connectivity index (χ0v) is 16.2. The second-order valence-electron chi connectivity index (χ2n) is 6.71. The second kappa shape index (κ2) is 10.4. The molecule has 0 spiro atoms. The molecular weight excluding hydrogens is 364 g/mol.